The Hall–Kier alpha value is -0.400. The van der Waals surface area contributed by atoms with E-state index in [-0.39, 0.29) is 16.9 Å². The van der Waals surface area contributed by atoms with Crippen molar-refractivity contribution in [2.75, 3.05) is 0 Å². The average Bonchev–Trinajstić information content (AvgIpc) is 2.28. The molecule has 0 bridgehead atoms. The van der Waals surface area contributed by atoms with Crippen LogP contribution in [-0.4, -0.2) is 16.9 Å². The summed E-state index contributed by atoms with van der Waals surface area (Å²) in [6.07, 6.45) is 0.666. The summed E-state index contributed by atoms with van der Waals surface area (Å²) in [7, 11) is 0. The van der Waals surface area contributed by atoms with Crippen molar-refractivity contribution in [1.29, 1.82) is 0 Å². The van der Waals surface area contributed by atoms with E-state index < -0.39 is 0 Å². The fraction of sp³-hybridized carbons (Fsp3) is 0.273. The molecular formula is C11H12ClIN2OS. The van der Waals surface area contributed by atoms with Gasteiger partial charge in [0.25, 0.3) is 5.91 Å². The van der Waals surface area contributed by atoms with E-state index in [2.05, 4.69) is 27.9 Å². The summed E-state index contributed by atoms with van der Waals surface area (Å²) in [6, 6.07) is 4.86. The van der Waals surface area contributed by atoms with Crippen LogP contribution in [0.1, 0.15) is 23.7 Å². The number of nitrogens with two attached hydrogens (primary N) is 1. The maximum absolute atomic E-state index is 11.9. The Bertz CT molecular complexity index is 453. The van der Waals surface area contributed by atoms with E-state index in [1.165, 1.54) is 0 Å². The molecule has 92 valence electrons. The molecule has 1 amide bonds. The number of halogens is 2. The van der Waals surface area contributed by atoms with Gasteiger partial charge in [-0.05, 0) is 47.2 Å². The molecule has 17 heavy (non-hydrogen) atoms. The molecule has 0 saturated heterocycles. The first kappa shape index (κ1) is 14.7. The Balaban J connectivity index is 2.82. The Morgan fingerprint density at radius 3 is 2.76 bits per heavy atom. The van der Waals surface area contributed by atoms with E-state index in [1.54, 1.807) is 18.2 Å². The lowest BCUT2D eigenvalue weighted by atomic mass is 10.1. The zero-order valence-electron chi connectivity index (χ0n) is 9.17. The van der Waals surface area contributed by atoms with Crippen LogP contribution in [0.4, 0.5) is 0 Å². The number of carbonyl (C=O) groups excluding carboxylic acids is 1. The van der Waals surface area contributed by atoms with Crippen molar-refractivity contribution in [3.63, 3.8) is 0 Å². The van der Waals surface area contributed by atoms with Gasteiger partial charge in [-0.1, -0.05) is 30.7 Å². The van der Waals surface area contributed by atoms with Crippen molar-refractivity contribution < 1.29 is 4.79 Å². The predicted molar refractivity (Wildman–Crippen MR) is 82.5 cm³/mol. The maximum atomic E-state index is 11.9. The van der Waals surface area contributed by atoms with E-state index in [0.29, 0.717) is 17.0 Å². The summed E-state index contributed by atoms with van der Waals surface area (Å²) in [6.45, 7) is 1.91. The van der Waals surface area contributed by atoms with Gasteiger partial charge in [-0.15, -0.1) is 0 Å². The van der Waals surface area contributed by atoms with Crippen LogP contribution < -0.4 is 11.1 Å². The number of thiocarbonyl (C=S) groups is 1. The second-order valence-electron chi connectivity index (χ2n) is 3.47. The van der Waals surface area contributed by atoms with Crippen molar-refractivity contribution in [1.82, 2.24) is 5.32 Å². The molecule has 0 radical (unpaired) electrons. The highest BCUT2D eigenvalue weighted by atomic mass is 127. The summed E-state index contributed by atoms with van der Waals surface area (Å²) >= 11 is 12.9. The summed E-state index contributed by atoms with van der Waals surface area (Å²) < 4.78 is 0.905. The largest absolute Gasteiger partial charge is 0.392 e. The van der Waals surface area contributed by atoms with Crippen LogP contribution in [0.2, 0.25) is 5.02 Å². The normalized spacial score (nSPS) is 11.9. The molecule has 0 aliphatic carbocycles. The molecule has 1 aromatic rings. The molecule has 3 nitrogen and oxygen atoms in total. The third-order valence-electron chi connectivity index (χ3n) is 2.24. The smallest absolute Gasteiger partial charge is 0.251 e. The minimum atomic E-state index is -0.282. The minimum Gasteiger partial charge on any atom is -0.392 e. The van der Waals surface area contributed by atoms with Crippen molar-refractivity contribution in [3.05, 3.63) is 32.4 Å². The van der Waals surface area contributed by atoms with Crippen molar-refractivity contribution in [2.45, 2.75) is 19.4 Å². The molecule has 1 aromatic carbocycles. The number of rotatable bonds is 4. The molecule has 1 unspecified atom stereocenters. The van der Waals surface area contributed by atoms with Gasteiger partial charge in [0, 0.05) is 9.13 Å². The molecule has 0 aromatic heterocycles. The minimum absolute atomic E-state index is 0.219. The first-order valence-corrected chi connectivity index (χ1v) is 6.87. The SMILES string of the molecule is CCC(NC(=O)c1ccc(I)c(Cl)c1)C(N)=S. The molecule has 1 rings (SSSR count). The summed E-state index contributed by atoms with van der Waals surface area (Å²) in [5, 5.41) is 3.32. The summed E-state index contributed by atoms with van der Waals surface area (Å²) in [4.78, 5) is 12.2. The van der Waals surface area contributed by atoms with Gasteiger partial charge in [-0.2, -0.15) is 0 Å². The quantitative estimate of drug-likeness (QED) is 0.622. The van der Waals surface area contributed by atoms with Gasteiger partial charge >= 0.3 is 0 Å². The molecule has 0 aliphatic rings. The molecule has 0 aliphatic heterocycles. The Morgan fingerprint density at radius 1 is 1.65 bits per heavy atom. The Morgan fingerprint density at radius 2 is 2.29 bits per heavy atom. The van der Waals surface area contributed by atoms with Gasteiger partial charge in [0.1, 0.15) is 0 Å². The molecule has 3 N–H and O–H groups in total. The molecule has 0 heterocycles. The standard InChI is InChI=1S/C11H12ClIN2OS/c1-2-9(10(14)17)15-11(16)6-3-4-8(13)7(12)5-6/h3-5,9H,2H2,1H3,(H2,14,17)(H,15,16). The monoisotopic (exact) mass is 382 g/mol. The van der Waals surface area contributed by atoms with E-state index in [0.717, 1.165) is 3.57 Å². The molecular weight excluding hydrogens is 371 g/mol. The van der Waals surface area contributed by atoms with E-state index in [9.17, 15) is 4.79 Å². The second-order valence-corrected chi connectivity index (χ2v) is 5.51. The maximum Gasteiger partial charge on any atom is 0.251 e. The molecule has 1 atom stereocenters. The highest BCUT2D eigenvalue weighted by Gasteiger charge is 2.14. The first-order chi connectivity index (χ1) is 7.95. The third kappa shape index (κ3) is 4.08. The average molecular weight is 383 g/mol. The van der Waals surface area contributed by atoms with E-state index >= 15 is 0 Å². The van der Waals surface area contributed by atoms with E-state index in [1.807, 2.05) is 6.92 Å². The second kappa shape index (κ2) is 6.51. The van der Waals surface area contributed by atoms with Crippen molar-refractivity contribution in [2.24, 2.45) is 5.73 Å². The third-order valence-corrected chi connectivity index (χ3v) is 4.10. The zero-order valence-corrected chi connectivity index (χ0v) is 12.9. The van der Waals surface area contributed by atoms with Crippen LogP contribution in [0.5, 0.6) is 0 Å². The number of hydrogen-bond donors (Lipinski definition) is 2. The van der Waals surface area contributed by atoms with Crippen LogP contribution in [0, 0.1) is 3.57 Å². The van der Waals surface area contributed by atoms with Gasteiger partial charge in [0.15, 0.2) is 0 Å². The highest BCUT2D eigenvalue weighted by molar-refractivity contribution is 14.1. The number of nitrogens with one attached hydrogen (secondary N) is 1. The lowest BCUT2D eigenvalue weighted by Gasteiger charge is -2.15. The molecule has 0 saturated carbocycles. The van der Waals surface area contributed by atoms with Crippen molar-refractivity contribution >= 4 is 57.3 Å². The van der Waals surface area contributed by atoms with Crippen LogP contribution in [0.3, 0.4) is 0 Å². The van der Waals surface area contributed by atoms with Gasteiger partial charge in [0.05, 0.1) is 16.1 Å². The Labute approximate surface area is 124 Å². The van der Waals surface area contributed by atoms with Crippen molar-refractivity contribution in [3.8, 4) is 0 Å². The fourth-order valence-corrected chi connectivity index (χ4v) is 1.99. The van der Waals surface area contributed by atoms with Crippen LogP contribution in [0.25, 0.3) is 0 Å². The fourth-order valence-electron chi connectivity index (χ4n) is 1.25. The molecule has 6 heteroatoms. The zero-order chi connectivity index (χ0) is 13.0. The molecule has 0 spiro atoms. The van der Waals surface area contributed by atoms with Crippen LogP contribution >= 0.6 is 46.4 Å². The van der Waals surface area contributed by atoms with E-state index in [4.69, 9.17) is 29.6 Å². The first-order valence-electron chi connectivity index (χ1n) is 5.01. The highest BCUT2D eigenvalue weighted by Crippen LogP contribution is 2.19. The number of benzene rings is 1. The summed E-state index contributed by atoms with van der Waals surface area (Å²) in [5.74, 6) is -0.219. The van der Waals surface area contributed by atoms with Gasteiger partial charge in [-0.25, -0.2) is 0 Å². The van der Waals surface area contributed by atoms with Gasteiger partial charge < -0.3 is 11.1 Å². The van der Waals surface area contributed by atoms with Gasteiger partial charge in [0.2, 0.25) is 0 Å². The summed E-state index contributed by atoms with van der Waals surface area (Å²) in [5.41, 5.74) is 6.02. The number of hydrogen-bond acceptors (Lipinski definition) is 2. The lowest BCUT2D eigenvalue weighted by Crippen LogP contribution is -2.43. The lowest BCUT2D eigenvalue weighted by molar-refractivity contribution is 0.0946. The Kier molecular flexibility index (Phi) is 5.61. The number of amides is 1. The van der Waals surface area contributed by atoms with Crippen LogP contribution in [-0.2, 0) is 0 Å². The van der Waals surface area contributed by atoms with Gasteiger partial charge in [-0.3, -0.25) is 4.79 Å². The van der Waals surface area contributed by atoms with Crippen LogP contribution in [0.15, 0.2) is 18.2 Å². The predicted octanol–water partition coefficient (Wildman–Crippen LogP) is 2.74. The molecule has 0 fully saturated rings. The number of carbonyl (C=O) groups is 1. The topological polar surface area (TPSA) is 55.1 Å².